The molecule has 0 unspecified atom stereocenters. The van der Waals surface area contributed by atoms with Crippen LogP contribution in [0.2, 0.25) is 0 Å². The molecule has 0 aliphatic heterocycles. The zero-order chi connectivity index (χ0) is 24.3. The second kappa shape index (κ2) is 9.65. The van der Waals surface area contributed by atoms with E-state index in [0.29, 0.717) is 15.4 Å². The fraction of sp³-hybridized carbons (Fsp3) is 0.526. The van der Waals surface area contributed by atoms with Crippen molar-refractivity contribution in [2.24, 2.45) is 5.16 Å². The van der Waals surface area contributed by atoms with Gasteiger partial charge in [-0.2, -0.15) is 12.7 Å². The molecule has 0 saturated carbocycles. The molecule has 2 rings (SSSR count). The molecule has 0 fully saturated rings. The Balaban J connectivity index is 2.28. The van der Waals surface area contributed by atoms with Crippen molar-refractivity contribution in [3.05, 3.63) is 41.7 Å². The van der Waals surface area contributed by atoms with Gasteiger partial charge < -0.3 is 4.84 Å². The van der Waals surface area contributed by atoms with Crippen molar-refractivity contribution in [3.8, 4) is 0 Å². The molecular weight excluding hydrogens is 456 g/mol. The van der Waals surface area contributed by atoms with E-state index in [1.807, 2.05) is 24.3 Å². The molecule has 13 heteroatoms. The van der Waals surface area contributed by atoms with E-state index >= 15 is 0 Å². The summed E-state index contributed by atoms with van der Waals surface area (Å²) in [4.78, 5) is 8.96. The van der Waals surface area contributed by atoms with E-state index in [2.05, 4.69) is 40.7 Å². The van der Waals surface area contributed by atoms with Crippen LogP contribution in [0.1, 0.15) is 45.7 Å². The molecule has 0 atom stereocenters. The van der Waals surface area contributed by atoms with Crippen LogP contribution in [0.15, 0.2) is 40.9 Å². The SMILES string of the molecule is CC(C)O/N=C(\CNS(=O)(=O)c1ncn(S(=O)(=O)N(C)C)n1)c1ccc(C(C)(C)C)cc1. The standard InChI is InChI=1S/C19H30N6O5S2/c1-14(2)30-23-17(15-8-10-16(11-9-15)19(3,4)5)12-21-31(26,27)18-20-13-25(22-18)32(28,29)24(6)7/h8-11,13-14,21H,12H2,1-7H3/b23-17+. The summed E-state index contributed by atoms with van der Waals surface area (Å²) in [6.07, 6.45) is 0.621. The normalized spacial score (nSPS) is 13.7. The Labute approximate surface area is 189 Å². The highest BCUT2D eigenvalue weighted by molar-refractivity contribution is 7.89. The third kappa shape index (κ3) is 6.34. The maximum Gasteiger partial charge on any atom is 0.323 e. The Morgan fingerprint density at radius 2 is 1.75 bits per heavy atom. The maximum atomic E-state index is 12.6. The van der Waals surface area contributed by atoms with Gasteiger partial charge in [0.05, 0.1) is 6.54 Å². The van der Waals surface area contributed by atoms with Gasteiger partial charge in [-0.25, -0.2) is 18.1 Å². The van der Waals surface area contributed by atoms with Crippen molar-refractivity contribution in [2.75, 3.05) is 20.6 Å². The van der Waals surface area contributed by atoms with Crippen LogP contribution in [0.25, 0.3) is 0 Å². The number of nitrogens with zero attached hydrogens (tertiary/aromatic N) is 5. The minimum Gasteiger partial charge on any atom is -0.393 e. The maximum absolute atomic E-state index is 12.6. The molecule has 0 radical (unpaired) electrons. The van der Waals surface area contributed by atoms with Crippen LogP contribution >= 0.6 is 0 Å². The summed E-state index contributed by atoms with van der Waals surface area (Å²) in [7, 11) is -5.60. The van der Waals surface area contributed by atoms with E-state index in [4.69, 9.17) is 4.84 Å². The lowest BCUT2D eigenvalue weighted by Crippen LogP contribution is -2.32. The Morgan fingerprint density at radius 1 is 1.16 bits per heavy atom. The van der Waals surface area contributed by atoms with E-state index in [-0.39, 0.29) is 18.1 Å². The topological polar surface area (TPSA) is 136 Å². The molecule has 0 saturated heterocycles. The highest BCUT2D eigenvalue weighted by atomic mass is 32.2. The molecule has 178 valence electrons. The summed E-state index contributed by atoms with van der Waals surface area (Å²) >= 11 is 0. The van der Waals surface area contributed by atoms with Gasteiger partial charge in [0.15, 0.2) is 0 Å². The molecule has 1 aromatic heterocycles. The average Bonchev–Trinajstić information content (AvgIpc) is 3.19. The van der Waals surface area contributed by atoms with E-state index < -0.39 is 25.4 Å². The van der Waals surface area contributed by atoms with E-state index in [1.54, 1.807) is 13.8 Å². The molecule has 1 heterocycles. The first-order chi connectivity index (χ1) is 14.6. The van der Waals surface area contributed by atoms with Crippen LogP contribution in [-0.4, -0.2) is 67.8 Å². The largest absolute Gasteiger partial charge is 0.393 e. The Bertz CT molecular complexity index is 1160. The first-order valence-corrected chi connectivity index (χ1v) is 12.7. The summed E-state index contributed by atoms with van der Waals surface area (Å²) in [5, 5.41) is 7.01. The molecule has 11 nitrogen and oxygen atoms in total. The smallest absolute Gasteiger partial charge is 0.323 e. The second-order valence-electron chi connectivity index (χ2n) is 8.53. The lowest BCUT2D eigenvalue weighted by Gasteiger charge is -2.19. The molecule has 0 aliphatic carbocycles. The van der Waals surface area contributed by atoms with Crippen molar-refractivity contribution in [1.29, 1.82) is 0 Å². The van der Waals surface area contributed by atoms with Crippen molar-refractivity contribution >= 4 is 25.9 Å². The van der Waals surface area contributed by atoms with Crippen LogP contribution < -0.4 is 4.72 Å². The van der Waals surface area contributed by atoms with E-state index in [0.717, 1.165) is 16.2 Å². The zero-order valence-electron chi connectivity index (χ0n) is 19.3. The van der Waals surface area contributed by atoms with Gasteiger partial charge in [-0.3, -0.25) is 0 Å². The van der Waals surface area contributed by atoms with Gasteiger partial charge in [-0.05, 0) is 24.8 Å². The van der Waals surface area contributed by atoms with Gasteiger partial charge in [0, 0.05) is 19.7 Å². The van der Waals surface area contributed by atoms with Crippen LogP contribution in [0.4, 0.5) is 0 Å². The van der Waals surface area contributed by atoms with Crippen molar-refractivity contribution < 1.29 is 21.7 Å². The van der Waals surface area contributed by atoms with Gasteiger partial charge in [0.25, 0.3) is 15.2 Å². The Hall–Kier alpha value is -2.35. The van der Waals surface area contributed by atoms with Gasteiger partial charge in [0.1, 0.15) is 18.1 Å². The molecule has 2 aromatic rings. The van der Waals surface area contributed by atoms with Gasteiger partial charge in [0.2, 0.25) is 0 Å². The summed E-state index contributed by atoms with van der Waals surface area (Å²) < 4.78 is 53.2. The van der Waals surface area contributed by atoms with Crippen LogP contribution in [0.3, 0.4) is 0 Å². The van der Waals surface area contributed by atoms with Gasteiger partial charge in [-0.1, -0.05) is 50.2 Å². The van der Waals surface area contributed by atoms with Crippen molar-refractivity contribution in [3.63, 3.8) is 0 Å². The zero-order valence-corrected chi connectivity index (χ0v) is 20.9. The fourth-order valence-corrected chi connectivity index (χ4v) is 3.95. The summed E-state index contributed by atoms with van der Waals surface area (Å²) in [6.45, 7) is 9.67. The Morgan fingerprint density at radius 3 is 2.25 bits per heavy atom. The minimum atomic E-state index is -4.21. The van der Waals surface area contributed by atoms with Crippen LogP contribution in [0.5, 0.6) is 0 Å². The highest BCUT2D eigenvalue weighted by Crippen LogP contribution is 2.22. The predicted octanol–water partition coefficient (Wildman–Crippen LogP) is 1.34. The lowest BCUT2D eigenvalue weighted by molar-refractivity contribution is 0.0858. The van der Waals surface area contributed by atoms with Crippen molar-refractivity contribution in [1.82, 2.24) is 23.2 Å². The summed E-state index contributed by atoms with van der Waals surface area (Å²) in [5.74, 6) is 0. The number of benzene rings is 1. The number of hydrogen-bond donors (Lipinski definition) is 1. The number of aromatic nitrogens is 3. The predicted molar refractivity (Wildman–Crippen MR) is 121 cm³/mol. The molecule has 0 spiro atoms. The van der Waals surface area contributed by atoms with E-state index in [1.165, 1.54) is 14.1 Å². The number of nitrogens with one attached hydrogen (secondary N) is 1. The average molecular weight is 487 g/mol. The summed E-state index contributed by atoms with van der Waals surface area (Å²) in [6, 6.07) is 7.58. The van der Waals surface area contributed by atoms with Crippen LogP contribution in [0, 0.1) is 0 Å². The molecule has 1 aromatic carbocycles. The minimum absolute atomic E-state index is 0.0384. The molecule has 0 bridgehead atoms. The quantitative estimate of drug-likeness (QED) is 0.417. The first kappa shape index (κ1) is 25.9. The number of hydrogen-bond acceptors (Lipinski definition) is 8. The fourth-order valence-electron chi connectivity index (χ4n) is 2.38. The van der Waals surface area contributed by atoms with Gasteiger partial charge in [-0.15, -0.1) is 9.19 Å². The first-order valence-electron chi connectivity index (χ1n) is 9.82. The number of sulfonamides is 1. The highest BCUT2D eigenvalue weighted by Gasteiger charge is 2.25. The molecule has 1 N–H and O–H groups in total. The monoisotopic (exact) mass is 486 g/mol. The second-order valence-corrected chi connectivity index (χ2v) is 12.2. The molecule has 0 amide bonds. The Kier molecular flexibility index (Phi) is 7.81. The van der Waals surface area contributed by atoms with Gasteiger partial charge >= 0.3 is 10.2 Å². The number of oxime groups is 1. The molecular formula is C19H30N6O5S2. The summed E-state index contributed by atoms with van der Waals surface area (Å²) in [5.41, 5.74) is 2.10. The number of rotatable bonds is 9. The van der Waals surface area contributed by atoms with Crippen molar-refractivity contribution in [2.45, 2.75) is 51.3 Å². The van der Waals surface area contributed by atoms with E-state index in [9.17, 15) is 16.8 Å². The third-order valence-corrected chi connectivity index (χ3v) is 7.04. The van der Waals surface area contributed by atoms with Crippen LogP contribution in [-0.2, 0) is 30.5 Å². The molecule has 0 aliphatic rings. The third-order valence-electron chi connectivity index (χ3n) is 4.28. The molecule has 32 heavy (non-hydrogen) atoms. The lowest BCUT2D eigenvalue weighted by atomic mass is 9.86.